The van der Waals surface area contributed by atoms with E-state index >= 15 is 0 Å². The van der Waals surface area contributed by atoms with E-state index in [1.807, 2.05) is 0 Å². The molecular formula is C19H33BrO3. The molecule has 23 heavy (non-hydrogen) atoms. The summed E-state index contributed by atoms with van der Waals surface area (Å²) in [4.78, 5) is 12.1. The van der Waals surface area contributed by atoms with E-state index < -0.39 is 6.10 Å². The molecule has 0 N–H and O–H groups in total. The Kier molecular flexibility index (Phi) is 17.4. The highest BCUT2D eigenvalue weighted by atomic mass is 79.9. The van der Waals surface area contributed by atoms with Crippen LogP contribution in [0.1, 0.15) is 78.1 Å². The molecule has 0 radical (unpaired) electrons. The molecule has 0 fully saturated rings. The molecule has 0 saturated heterocycles. The molecule has 0 heterocycles. The van der Waals surface area contributed by atoms with Gasteiger partial charge in [-0.1, -0.05) is 67.8 Å². The van der Waals surface area contributed by atoms with Crippen molar-refractivity contribution in [3.05, 3.63) is 0 Å². The van der Waals surface area contributed by atoms with Crippen molar-refractivity contribution < 1.29 is 14.3 Å². The van der Waals surface area contributed by atoms with Crippen LogP contribution < -0.4 is 0 Å². The molecule has 0 aliphatic rings. The topological polar surface area (TPSA) is 35.5 Å². The Hall–Kier alpha value is -0.530. The maximum Gasteiger partial charge on any atom is 0.335 e. The van der Waals surface area contributed by atoms with Crippen LogP contribution in [-0.4, -0.2) is 30.6 Å². The molecule has 0 rings (SSSR count). The molecule has 0 bridgehead atoms. The van der Waals surface area contributed by atoms with Gasteiger partial charge in [0, 0.05) is 11.8 Å². The van der Waals surface area contributed by atoms with Crippen LogP contribution in [-0.2, 0) is 14.3 Å². The first kappa shape index (κ1) is 22.5. The highest BCUT2D eigenvalue weighted by Gasteiger charge is 2.19. The van der Waals surface area contributed by atoms with Gasteiger partial charge in [0.05, 0.1) is 6.61 Å². The van der Waals surface area contributed by atoms with Crippen LogP contribution in [0.15, 0.2) is 0 Å². The Morgan fingerprint density at radius 2 is 1.74 bits per heavy atom. The van der Waals surface area contributed by atoms with Gasteiger partial charge in [0.15, 0.2) is 6.10 Å². The Morgan fingerprint density at radius 1 is 1.00 bits per heavy atom. The van der Waals surface area contributed by atoms with Crippen LogP contribution in [0, 0.1) is 11.8 Å². The number of carbonyl (C=O) groups is 1. The van der Waals surface area contributed by atoms with E-state index in [9.17, 15) is 4.79 Å². The Balaban J connectivity index is 3.98. The molecule has 1 atom stereocenters. The van der Waals surface area contributed by atoms with Crippen LogP contribution >= 0.6 is 15.9 Å². The molecule has 0 aromatic carbocycles. The predicted molar refractivity (Wildman–Crippen MR) is 99.8 cm³/mol. The smallest absolute Gasteiger partial charge is 0.335 e. The van der Waals surface area contributed by atoms with Crippen LogP contribution in [0.5, 0.6) is 0 Å². The van der Waals surface area contributed by atoms with E-state index in [-0.39, 0.29) is 5.97 Å². The fraction of sp³-hybridized carbons (Fsp3) is 0.842. The first-order chi connectivity index (χ1) is 11.3. The first-order valence-electron chi connectivity index (χ1n) is 9.06. The molecule has 0 spiro atoms. The second-order valence-corrected chi connectivity index (χ2v) is 6.46. The molecule has 0 aromatic rings. The number of ether oxygens (including phenoxy) is 2. The standard InChI is InChI=1S/C19H33BrO3/c1-3-5-7-9-12-16-22-18(14-6-4-2)19(21)23-17-13-10-8-11-15-20/h18H,3-8,10-11,13-17H2,1-2H3. The second kappa shape index (κ2) is 17.8. The van der Waals surface area contributed by atoms with Crippen molar-refractivity contribution in [2.75, 3.05) is 18.5 Å². The third-order valence-corrected chi connectivity index (χ3v) is 4.05. The first-order valence-corrected chi connectivity index (χ1v) is 10.2. The molecule has 1 unspecified atom stereocenters. The average Bonchev–Trinajstić information content (AvgIpc) is 2.56. The van der Waals surface area contributed by atoms with Crippen LogP contribution in [0.2, 0.25) is 0 Å². The normalized spacial score (nSPS) is 11.6. The minimum atomic E-state index is -0.460. The molecule has 0 aromatic heterocycles. The molecule has 0 aliphatic carbocycles. The van der Waals surface area contributed by atoms with E-state index in [2.05, 4.69) is 41.6 Å². The van der Waals surface area contributed by atoms with E-state index in [1.165, 1.54) is 12.8 Å². The number of hydrogen-bond acceptors (Lipinski definition) is 3. The summed E-state index contributed by atoms with van der Waals surface area (Å²) < 4.78 is 11.0. The van der Waals surface area contributed by atoms with Crippen LogP contribution in [0.4, 0.5) is 0 Å². The van der Waals surface area contributed by atoms with Gasteiger partial charge in [0.2, 0.25) is 0 Å². The minimum absolute atomic E-state index is 0.228. The van der Waals surface area contributed by atoms with Crippen LogP contribution in [0.3, 0.4) is 0 Å². The van der Waals surface area contributed by atoms with E-state index in [0.29, 0.717) is 13.2 Å². The fourth-order valence-corrected chi connectivity index (χ4v) is 2.42. The largest absolute Gasteiger partial charge is 0.464 e. The minimum Gasteiger partial charge on any atom is -0.464 e. The summed E-state index contributed by atoms with van der Waals surface area (Å²) in [6.45, 7) is 5.07. The predicted octanol–water partition coefficient (Wildman–Crippen LogP) is 5.25. The summed E-state index contributed by atoms with van der Waals surface area (Å²) in [7, 11) is 0. The Bertz CT molecular complexity index is 333. The molecule has 0 saturated carbocycles. The zero-order valence-corrected chi connectivity index (χ0v) is 16.5. The third-order valence-electron chi connectivity index (χ3n) is 3.49. The van der Waals surface area contributed by atoms with Gasteiger partial charge < -0.3 is 9.47 Å². The number of hydrogen-bond donors (Lipinski definition) is 0. The number of carbonyl (C=O) groups excluding carboxylic acids is 1. The summed E-state index contributed by atoms with van der Waals surface area (Å²) in [5.41, 5.74) is 0. The number of alkyl halides is 1. The zero-order chi connectivity index (χ0) is 17.2. The number of unbranched alkanes of at least 4 members (excludes halogenated alkanes) is 6. The van der Waals surface area contributed by atoms with Gasteiger partial charge in [-0.3, -0.25) is 0 Å². The fourth-order valence-electron chi connectivity index (χ4n) is 2.02. The van der Waals surface area contributed by atoms with Crippen molar-refractivity contribution in [3.63, 3.8) is 0 Å². The van der Waals surface area contributed by atoms with Gasteiger partial charge >= 0.3 is 5.97 Å². The monoisotopic (exact) mass is 388 g/mol. The van der Waals surface area contributed by atoms with Crippen molar-refractivity contribution in [1.29, 1.82) is 0 Å². The molecule has 0 aliphatic heterocycles. The summed E-state index contributed by atoms with van der Waals surface area (Å²) >= 11 is 3.42. The van der Waals surface area contributed by atoms with E-state index in [4.69, 9.17) is 9.47 Å². The van der Waals surface area contributed by atoms with Crippen molar-refractivity contribution >= 4 is 21.9 Å². The summed E-state index contributed by atoms with van der Waals surface area (Å²) in [5, 5.41) is 1.04. The van der Waals surface area contributed by atoms with Crippen molar-refractivity contribution in [2.45, 2.75) is 84.2 Å². The maximum atomic E-state index is 12.1. The lowest BCUT2D eigenvalue weighted by Gasteiger charge is -2.15. The van der Waals surface area contributed by atoms with Gasteiger partial charge in [-0.25, -0.2) is 4.79 Å². The van der Waals surface area contributed by atoms with Gasteiger partial charge in [-0.05, 0) is 25.7 Å². The Morgan fingerprint density at radius 3 is 2.43 bits per heavy atom. The van der Waals surface area contributed by atoms with Gasteiger partial charge in [0.1, 0.15) is 6.61 Å². The third kappa shape index (κ3) is 14.8. The lowest BCUT2D eigenvalue weighted by molar-refractivity contribution is -0.157. The average molecular weight is 389 g/mol. The molecule has 3 nitrogen and oxygen atoms in total. The Labute approximate surface area is 151 Å². The molecule has 0 amide bonds. The highest BCUT2D eigenvalue weighted by molar-refractivity contribution is 9.09. The van der Waals surface area contributed by atoms with Crippen molar-refractivity contribution in [2.24, 2.45) is 0 Å². The summed E-state index contributed by atoms with van der Waals surface area (Å²) in [5.74, 6) is 5.84. The van der Waals surface area contributed by atoms with Crippen LogP contribution in [0.25, 0.3) is 0 Å². The SMILES string of the molecule is CCCCC#CCOC(CCCC)C(=O)OCCCCCCBr. The number of esters is 1. The van der Waals surface area contributed by atoms with Crippen molar-refractivity contribution in [1.82, 2.24) is 0 Å². The second-order valence-electron chi connectivity index (χ2n) is 5.67. The van der Waals surface area contributed by atoms with Gasteiger partial charge in [-0.2, -0.15) is 0 Å². The highest BCUT2D eigenvalue weighted by Crippen LogP contribution is 2.08. The molecular weight excluding hydrogens is 356 g/mol. The molecule has 134 valence electrons. The zero-order valence-electron chi connectivity index (χ0n) is 14.9. The van der Waals surface area contributed by atoms with E-state index in [1.54, 1.807) is 0 Å². The van der Waals surface area contributed by atoms with Gasteiger partial charge in [0.25, 0.3) is 0 Å². The van der Waals surface area contributed by atoms with Gasteiger partial charge in [-0.15, -0.1) is 5.92 Å². The lowest BCUT2D eigenvalue weighted by atomic mass is 10.1. The maximum absolute atomic E-state index is 12.1. The van der Waals surface area contributed by atoms with E-state index in [0.717, 1.165) is 56.7 Å². The summed E-state index contributed by atoms with van der Waals surface area (Å²) in [6, 6.07) is 0. The van der Waals surface area contributed by atoms with Crippen molar-refractivity contribution in [3.8, 4) is 11.8 Å². The summed E-state index contributed by atoms with van der Waals surface area (Å²) in [6.07, 6.45) is 9.80. The quantitative estimate of drug-likeness (QED) is 0.176. The number of rotatable bonds is 14. The number of halogens is 1. The molecule has 4 heteroatoms. The lowest BCUT2D eigenvalue weighted by Crippen LogP contribution is -2.27.